The average Bonchev–Trinajstić information content (AvgIpc) is 3.23. The van der Waals surface area contributed by atoms with Crippen LogP contribution in [-0.2, 0) is 16.3 Å². The molecule has 3 rings (SSSR count). The SMILES string of the molecule is CN=C(NCC1CCN(CCc2ccccc2)C1)NC1CCS(=O)(=O)C1. The van der Waals surface area contributed by atoms with Crippen molar-refractivity contribution >= 4 is 15.8 Å². The van der Waals surface area contributed by atoms with Crippen LogP contribution in [0.4, 0.5) is 0 Å². The molecular weight excluding hydrogens is 348 g/mol. The number of nitrogens with zero attached hydrogens (tertiary/aromatic N) is 2. The molecule has 6 nitrogen and oxygen atoms in total. The monoisotopic (exact) mass is 378 g/mol. The van der Waals surface area contributed by atoms with E-state index in [1.54, 1.807) is 7.05 Å². The number of nitrogens with one attached hydrogen (secondary N) is 2. The normalized spacial score (nSPS) is 26.1. The summed E-state index contributed by atoms with van der Waals surface area (Å²) in [6.07, 6.45) is 2.96. The van der Waals surface area contributed by atoms with E-state index in [9.17, 15) is 8.42 Å². The first-order valence-electron chi connectivity index (χ1n) is 9.48. The number of sulfone groups is 1. The highest BCUT2D eigenvalue weighted by molar-refractivity contribution is 7.91. The van der Waals surface area contributed by atoms with Crippen molar-refractivity contribution < 1.29 is 8.42 Å². The average molecular weight is 379 g/mol. The zero-order valence-electron chi connectivity index (χ0n) is 15.5. The van der Waals surface area contributed by atoms with E-state index < -0.39 is 9.84 Å². The first kappa shape index (κ1) is 19.2. The molecule has 7 heteroatoms. The molecule has 2 aliphatic rings. The maximum Gasteiger partial charge on any atom is 0.191 e. The molecular formula is C19H30N4O2S. The molecule has 2 atom stereocenters. The van der Waals surface area contributed by atoms with Crippen molar-refractivity contribution in [1.82, 2.24) is 15.5 Å². The lowest BCUT2D eigenvalue weighted by molar-refractivity contribution is 0.328. The van der Waals surface area contributed by atoms with E-state index in [-0.39, 0.29) is 17.5 Å². The number of hydrogen-bond acceptors (Lipinski definition) is 4. The van der Waals surface area contributed by atoms with Crippen molar-refractivity contribution in [2.45, 2.75) is 25.3 Å². The largest absolute Gasteiger partial charge is 0.356 e. The quantitative estimate of drug-likeness (QED) is 0.568. The van der Waals surface area contributed by atoms with Gasteiger partial charge in [-0.1, -0.05) is 30.3 Å². The molecule has 2 N–H and O–H groups in total. The summed E-state index contributed by atoms with van der Waals surface area (Å²) >= 11 is 0. The highest BCUT2D eigenvalue weighted by Crippen LogP contribution is 2.16. The molecule has 2 unspecified atom stereocenters. The lowest BCUT2D eigenvalue weighted by Crippen LogP contribution is -2.45. The molecule has 0 amide bonds. The van der Waals surface area contributed by atoms with E-state index in [2.05, 4.69) is 50.9 Å². The Hall–Kier alpha value is -1.60. The van der Waals surface area contributed by atoms with Gasteiger partial charge in [-0.15, -0.1) is 0 Å². The fourth-order valence-corrected chi connectivity index (χ4v) is 5.43. The molecule has 144 valence electrons. The number of likely N-dealkylation sites (tertiary alicyclic amines) is 1. The summed E-state index contributed by atoms with van der Waals surface area (Å²) < 4.78 is 23.1. The van der Waals surface area contributed by atoms with Crippen LogP contribution in [0.3, 0.4) is 0 Å². The molecule has 0 radical (unpaired) electrons. The van der Waals surface area contributed by atoms with Crippen LogP contribution in [-0.4, -0.2) is 70.1 Å². The maximum absolute atomic E-state index is 11.6. The van der Waals surface area contributed by atoms with Crippen LogP contribution in [0.1, 0.15) is 18.4 Å². The summed E-state index contributed by atoms with van der Waals surface area (Å²) in [5.74, 6) is 1.82. The van der Waals surface area contributed by atoms with E-state index in [0.717, 1.165) is 38.6 Å². The van der Waals surface area contributed by atoms with Gasteiger partial charge >= 0.3 is 0 Å². The summed E-state index contributed by atoms with van der Waals surface area (Å²) in [5.41, 5.74) is 1.39. The maximum atomic E-state index is 11.6. The minimum absolute atomic E-state index is 0.0165. The zero-order chi connectivity index (χ0) is 18.4. The van der Waals surface area contributed by atoms with Crippen molar-refractivity contribution in [3.05, 3.63) is 35.9 Å². The molecule has 0 saturated carbocycles. The second-order valence-corrected chi connectivity index (χ2v) is 9.62. The Kier molecular flexibility index (Phi) is 6.53. The molecule has 0 spiro atoms. The summed E-state index contributed by atoms with van der Waals surface area (Å²) in [7, 11) is -1.13. The predicted octanol–water partition coefficient (Wildman–Crippen LogP) is 0.903. The van der Waals surface area contributed by atoms with E-state index in [1.165, 1.54) is 12.0 Å². The lowest BCUT2D eigenvalue weighted by Gasteiger charge is -2.19. The van der Waals surface area contributed by atoms with Crippen molar-refractivity contribution in [2.75, 3.05) is 44.7 Å². The van der Waals surface area contributed by atoms with E-state index in [1.807, 2.05) is 0 Å². The number of guanidine groups is 1. The molecule has 2 fully saturated rings. The fraction of sp³-hybridized carbons (Fsp3) is 0.632. The first-order chi connectivity index (χ1) is 12.5. The van der Waals surface area contributed by atoms with Crippen molar-refractivity contribution in [1.29, 1.82) is 0 Å². The van der Waals surface area contributed by atoms with Crippen LogP contribution in [0.15, 0.2) is 35.3 Å². The summed E-state index contributed by atoms with van der Waals surface area (Å²) in [4.78, 5) is 6.77. The highest BCUT2D eigenvalue weighted by Gasteiger charge is 2.28. The van der Waals surface area contributed by atoms with Gasteiger partial charge in [-0.05, 0) is 37.3 Å². The van der Waals surface area contributed by atoms with E-state index in [4.69, 9.17) is 0 Å². The second kappa shape index (κ2) is 8.86. The van der Waals surface area contributed by atoms with Crippen molar-refractivity contribution in [3.8, 4) is 0 Å². The molecule has 1 aromatic carbocycles. The van der Waals surface area contributed by atoms with Crippen LogP contribution < -0.4 is 10.6 Å². The molecule has 2 saturated heterocycles. The van der Waals surface area contributed by atoms with E-state index >= 15 is 0 Å². The summed E-state index contributed by atoms with van der Waals surface area (Å²) in [6.45, 7) is 4.23. The van der Waals surface area contributed by atoms with Gasteiger partial charge < -0.3 is 15.5 Å². The van der Waals surface area contributed by atoms with E-state index in [0.29, 0.717) is 12.3 Å². The van der Waals surface area contributed by atoms with Gasteiger partial charge in [-0.25, -0.2) is 8.42 Å². The molecule has 2 aliphatic heterocycles. The van der Waals surface area contributed by atoms with Gasteiger partial charge in [0, 0.05) is 32.7 Å². The molecule has 26 heavy (non-hydrogen) atoms. The Morgan fingerprint density at radius 2 is 2.08 bits per heavy atom. The van der Waals surface area contributed by atoms with Crippen LogP contribution in [0, 0.1) is 5.92 Å². The van der Waals surface area contributed by atoms with Crippen LogP contribution >= 0.6 is 0 Å². The van der Waals surface area contributed by atoms with Gasteiger partial charge in [-0.2, -0.15) is 0 Å². The second-order valence-electron chi connectivity index (χ2n) is 7.39. The molecule has 0 aromatic heterocycles. The van der Waals surface area contributed by atoms with Gasteiger partial charge in [0.15, 0.2) is 15.8 Å². The topological polar surface area (TPSA) is 73.8 Å². The van der Waals surface area contributed by atoms with Crippen molar-refractivity contribution in [2.24, 2.45) is 10.9 Å². The number of rotatable bonds is 6. The molecule has 0 bridgehead atoms. The Bertz CT molecular complexity index is 706. The number of aliphatic imine (C=N–C) groups is 1. The Morgan fingerprint density at radius 1 is 1.27 bits per heavy atom. The van der Waals surface area contributed by atoms with Gasteiger partial charge in [-0.3, -0.25) is 4.99 Å². The highest BCUT2D eigenvalue weighted by atomic mass is 32.2. The van der Waals surface area contributed by atoms with Crippen LogP contribution in [0.25, 0.3) is 0 Å². The third-order valence-corrected chi connectivity index (χ3v) is 7.05. The summed E-state index contributed by atoms with van der Waals surface area (Å²) in [5, 5.41) is 6.63. The smallest absolute Gasteiger partial charge is 0.191 e. The molecule has 2 heterocycles. The van der Waals surface area contributed by atoms with Gasteiger partial charge in [0.1, 0.15) is 0 Å². The Labute approximate surface area is 157 Å². The summed E-state index contributed by atoms with van der Waals surface area (Å²) in [6, 6.07) is 10.6. The fourth-order valence-electron chi connectivity index (χ4n) is 3.75. The third-order valence-electron chi connectivity index (χ3n) is 5.28. The zero-order valence-corrected chi connectivity index (χ0v) is 16.3. The first-order valence-corrected chi connectivity index (χ1v) is 11.3. The van der Waals surface area contributed by atoms with Gasteiger partial charge in [0.2, 0.25) is 0 Å². The van der Waals surface area contributed by atoms with Crippen molar-refractivity contribution in [3.63, 3.8) is 0 Å². The minimum atomic E-state index is -2.87. The third kappa shape index (κ3) is 5.71. The Morgan fingerprint density at radius 3 is 2.77 bits per heavy atom. The number of benzene rings is 1. The lowest BCUT2D eigenvalue weighted by atomic mass is 10.1. The molecule has 0 aliphatic carbocycles. The standard InChI is InChI=1S/C19H30N4O2S/c1-20-19(22-18-9-12-26(24,25)15-18)21-13-17-8-11-23(14-17)10-7-16-5-3-2-4-6-16/h2-6,17-18H,7-15H2,1H3,(H2,20,21,22). The van der Waals surface area contributed by atoms with Gasteiger partial charge in [0.05, 0.1) is 11.5 Å². The number of hydrogen-bond donors (Lipinski definition) is 2. The molecule has 1 aromatic rings. The van der Waals surface area contributed by atoms with Crippen LogP contribution in [0.5, 0.6) is 0 Å². The predicted molar refractivity (Wildman–Crippen MR) is 106 cm³/mol. The van der Waals surface area contributed by atoms with Crippen LogP contribution in [0.2, 0.25) is 0 Å². The minimum Gasteiger partial charge on any atom is -0.356 e. The van der Waals surface area contributed by atoms with Gasteiger partial charge in [0.25, 0.3) is 0 Å². The Balaban J connectivity index is 1.37.